The van der Waals surface area contributed by atoms with E-state index in [-0.39, 0.29) is 30.6 Å². The third kappa shape index (κ3) is 4.91. The molecule has 1 heterocycles. The van der Waals surface area contributed by atoms with Crippen molar-refractivity contribution in [1.29, 1.82) is 0 Å². The van der Waals surface area contributed by atoms with Crippen molar-refractivity contribution < 1.29 is 32.6 Å². The van der Waals surface area contributed by atoms with Crippen LogP contribution in [0.4, 0.5) is 4.79 Å². The van der Waals surface area contributed by atoms with Gasteiger partial charge in [0.2, 0.25) is 5.91 Å². The summed E-state index contributed by atoms with van der Waals surface area (Å²) in [6, 6.07) is 13.7. The SMILES string of the molecule is CC1CS(=O)(=O)CCN1C(=O)C(CC(=O)O)NC(=O)OCC1c2ccccc2-c2ccccc21. The Morgan fingerprint density at radius 3 is 2.24 bits per heavy atom. The molecule has 2 amide bonds. The van der Waals surface area contributed by atoms with Crippen LogP contribution in [0.1, 0.15) is 30.4 Å². The molecule has 2 aromatic carbocycles. The standard InChI is InChI=1S/C24H26N2O7S/c1-15-14-34(31,32)11-10-26(15)23(29)21(12-22(27)28)25-24(30)33-13-20-18-8-4-2-6-16(18)17-7-3-5-9-19(17)20/h2-9,15,20-21H,10-14H2,1H3,(H,25,30)(H,27,28). The van der Waals surface area contributed by atoms with E-state index >= 15 is 0 Å². The fourth-order valence-electron chi connectivity index (χ4n) is 4.68. The Morgan fingerprint density at radius 2 is 1.68 bits per heavy atom. The van der Waals surface area contributed by atoms with E-state index < -0.39 is 46.3 Å². The van der Waals surface area contributed by atoms with Gasteiger partial charge in [-0.25, -0.2) is 13.2 Å². The van der Waals surface area contributed by atoms with Crippen LogP contribution in [0.3, 0.4) is 0 Å². The smallest absolute Gasteiger partial charge is 0.407 e. The van der Waals surface area contributed by atoms with E-state index in [9.17, 15) is 27.9 Å². The number of alkyl carbamates (subject to hydrolysis) is 1. The normalized spacial score (nSPS) is 19.6. The molecule has 1 aliphatic heterocycles. The van der Waals surface area contributed by atoms with E-state index in [1.807, 2.05) is 48.5 Å². The lowest BCUT2D eigenvalue weighted by atomic mass is 9.98. The summed E-state index contributed by atoms with van der Waals surface area (Å²) in [6.45, 7) is 1.55. The zero-order valence-electron chi connectivity index (χ0n) is 18.6. The van der Waals surface area contributed by atoms with Gasteiger partial charge in [-0.2, -0.15) is 0 Å². The number of amides is 2. The maximum Gasteiger partial charge on any atom is 0.407 e. The van der Waals surface area contributed by atoms with Crippen molar-refractivity contribution in [3.8, 4) is 11.1 Å². The number of rotatable bonds is 6. The van der Waals surface area contributed by atoms with Gasteiger partial charge in [-0.1, -0.05) is 48.5 Å². The molecule has 2 N–H and O–H groups in total. The van der Waals surface area contributed by atoms with Crippen LogP contribution in [0.5, 0.6) is 0 Å². The second-order valence-corrected chi connectivity index (χ2v) is 10.8. The van der Waals surface area contributed by atoms with Gasteiger partial charge in [0.25, 0.3) is 0 Å². The number of benzene rings is 2. The highest BCUT2D eigenvalue weighted by Gasteiger charge is 2.36. The molecule has 1 saturated heterocycles. The number of carboxylic acids is 1. The average Bonchev–Trinajstić information content (AvgIpc) is 3.10. The summed E-state index contributed by atoms with van der Waals surface area (Å²) >= 11 is 0. The highest BCUT2D eigenvalue weighted by molar-refractivity contribution is 7.91. The second-order valence-electron chi connectivity index (χ2n) is 8.62. The zero-order valence-corrected chi connectivity index (χ0v) is 19.5. The van der Waals surface area contributed by atoms with Gasteiger partial charge in [-0.3, -0.25) is 9.59 Å². The number of carbonyl (C=O) groups is 3. The minimum atomic E-state index is -3.26. The number of hydrogen-bond acceptors (Lipinski definition) is 6. The van der Waals surface area contributed by atoms with E-state index in [4.69, 9.17) is 4.74 Å². The number of carboxylic acid groups (broad SMARTS) is 1. The first-order valence-electron chi connectivity index (χ1n) is 11.0. The highest BCUT2D eigenvalue weighted by Crippen LogP contribution is 2.44. The maximum atomic E-state index is 13.0. The van der Waals surface area contributed by atoms with Gasteiger partial charge in [0.05, 0.1) is 17.9 Å². The molecule has 0 aromatic heterocycles. The molecular weight excluding hydrogens is 460 g/mol. The molecule has 1 aliphatic carbocycles. The van der Waals surface area contributed by atoms with Gasteiger partial charge in [0, 0.05) is 18.5 Å². The van der Waals surface area contributed by atoms with Gasteiger partial charge >= 0.3 is 12.1 Å². The van der Waals surface area contributed by atoms with E-state index in [0.29, 0.717) is 0 Å². The van der Waals surface area contributed by atoms with Crippen LogP contribution in [0.15, 0.2) is 48.5 Å². The van der Waals surface area contributed by atoms with E-state index in [1.54, 1.807) is 6.92 Å². The van der Waals surface area contributed by atoms with Crippen LogP contribution in [0.25, 0.3) is 11.1 Å². The van der Waals surface area contributed by atoms with Crippen LogP contribution >= 0.6 is 0 Å². The first-order valence-corrected chi connectivity index (χ1v) is 12.8. The van der Waals surface area contributed by atoms with E-state index in [2.05, 4.69) is 5.32 Å². The number of aliphatic carboxylic acids is 1. The number of sulfone groups is 1. The first-order chi connectivity index (χ1) is 16.2. The van der Waals surface area contributed by atoms with Crippen LogP contribution in [-0.2, 0) is 24.2 Å². The van der Waals surface area contributed by atoms with Crippen molar-refractivity contribution in [3.05, 3.63) is 59.7 Å². The molecule has 0 saturated carbocycles. The lowest BCUT2D eigenvalue weighted by molar-refractivity contribution is -0.143. The van der Waals surface area contributed by atoms with E-state index in [1.165, 1.54) is 4.90 Å². The van der Waals surface area contributed by atoms with Crippen LogP contribution in [0.2, 0.25) is 0 Å². The largest absolute Gasteiger partial charge is 0.481 e. The topological polar surface area (TPSA) is 130 Å². The first kappa shape index (κ1) is 23.7. The molecule has 2 atom stereocenters. The Kier molecular flexibility index (Phi) is 6.60. The molecule has 0 radical (unpaired) electrons. The predicted molar refractivity (Wildman–Crippen MR) is 124 cm³/mol. The van der Waals surface area contributed by atoms with Gasteiger partial charge in [0.1, 0.15) is 12.6 Å². The molecule has 2 aliphatic rings. The van der Waals surface area contributed by atoms with Crippen LogP contribution in [-0.4, -0.2) is 73.1 Å². The van der Waals surface area contributed by atoms with Gasteiger partial charge in [0.15, 0.2) is 9.84 Å². The molecule has 2 unspecified atom stereocenters. The molecule has 2 aromatic rings. The summed E-state index contributed by atoms with van der Waals surface area (Å²) < 4.78 is 29.1. The average molecular weight is 487 g/mol. The second kappa shape index (κ2) is 9.46. The number of hydrogen-bond donors (Lipinski definition) is 2. The number of ether oxygens (including phenoxy) is 1. The lowest BCUT2D eigenvalue weighted by Gasteiger charge is -2.35. The molecule has 34 heavy (non-hydrogen) atoms. The van der Waals surface area contributed by atoms with Crippen LogP contribution in [0, 0.1) is 0 Å². The summed E-state index contributed by atoms with van der Waals surface area (Å²) in [5.41, 5.74) is 4.19. The van der Waals surface area contributed by atoms with Crippen molar-refractivity contribution in [2.45, 2.75) is 31.3 Å². The third-order valence-corrected chi connectivity index (χ3v) is 8.06. The Balaban J connectivity index is 1.44. The minimum Gasteiger partial charge on any atom is -0.481 e. The summed E-state index contributed by atoms with van der Waals surface area (Å²) in [5.74, 6) is -2.50. The summed E-state index contributed by atoms with van der Waals surface area (Å²) in [4.78, 5) is 38.2. The summed E-state index contributed by atoms with van der Waals surface area (Å²) in [5, 5.41) is 11.6. The number of carbonyl (C=O) groups excluding carboxylic acids is 2. The fraction of sp³-hybridized carbons (Fsp3) is 0.375. The molecule has 9 nitrogen and oxygen atoms in total. The highest BCUT2D eigenvalue weighted by atomic mass is 32.2. The number of nitrogens with one attached hydrogen (secondary N) is 1. The molecule has 0 spiro atoms. The van der Waals surface area contributed by atoms with Gasteiger partial charge in [-0.15, -0.1) is 0 Å². The summed E-state index contributed by atoms with van der Waals surface area (Å²) in [6.07, 6.45) is -1.54. The third-order valence-electron chi connectivity index (χ3n) is 6.27. The Labute approximate surface area is 197 Å². The lowest BCUT2D eigenvalue weighted by Crippen LogP contribution is -2.56. The van der Waals surface area contributed by atoms with Crippen molar-refractivity contribution in [2.75, 3.05) is 24.7 Å². The van der Waals surface area contributed by atoms with Crippen molar-refractivity contribution in [1.82, 2.24) is 10.2 Å². The van der Waals surface area contributed by atoms with Gasteiger partial charge < -0.3 is 20.1 Å². The Hall–Kier alpha value is -3.40. The minimum absolute atomic E-state index is 0.0200. The number of nitrogens with zero attached hydrogens (tertiary/aromatic N) is 1. The van der Waals surface area contributed by atoms with E-state index in [0.717, 1.165) is 22.3 Å². The maximum absolute atomic E-state index is 13.0. The Morgan fingerprint density at radius 1 is 1.09 bits per heavy atom. The van der Waals surface area contributed by atoms with Gasteiger partial charge in [-0.05, 0) is 29.2 Å². The molecule has 1 fully saturated rings. The van der Waals surface area contributed by atoms with Crippen molar-refractivity contribution in [2.24, 2.45) is 0 Å². The molecule has 10 heteroatoms. The molecule has 0 bridgehead atoms. The monoisotopic (exact) mass is 486 g/mol. The number of fused-ring (bicyclic) bond motifs is 3. The van der Waals surface area contributed by atoms with Crippen molar-refractivity contribution in [3.63, 3.8) is 0 Å². The predicted octanol–water partition coefficient (Wildman–Crippen LogP) is 2.01. The quantitative estimate of drug-likeness (QED) is 0.639. The molecule has 4 rings (SSSR count). The fourth-order valence-corrected chi connectivity index (χ4v) is 6.24. The zero-order chi connectivity index (χ0) is 24.5. The molecule has 180 valence electrons. The summed E-state index contributed by atoms with van der Waals surface area (Å²) in [7, 11) is -3.26. The Bertz CT molecular complexity index is 1180. The van der Waals surface area contributed by atoms with Crippen molar-refractivity contribution >= 4 is 27.8 Å². The molecular formula is C24H26N2O7S. The van der Waals surface area contributed by atoms with Crippen LogP contribution < -0.4 is 5.32 Å².